The number of nitrogens with one attached hydrogen (secondary N) is 2. The van der Waals surface area contributed by atoms with E-state index in [1.54, 1.807) is 13.8 Å². The van der Waals surface area contributed by atoms with Crippen molar-refractivity contribution in [1.82, 2.24) is 19.5 Å². The minimum Gasteiger partial charge on any atom is -0.335 e. The van der Waals surface area contributed by atoms with Gasteiger partial charge in [-0.1, -0.05) is 33.1 Å². The monoisotopic (exact) mass is 412 g/mol. The number of hydrogen-bond donors (Lipinski definition) is 2. The molecule has 2 rings (SSSR count). The molecule has 2 N–H and O–H groups in total. The summed E-state index contributed by atoms with van der Waals surface area (Å²) in [6, 6.07) is 1.77. The molecule has 1 aliphatic rings. The number of nitrogens with zero attached hydrogens (tertiary/aromatic N) is 2. The van der Waals surface area contributed by atoms with Gasteiger partial charge in [0.2, 0.25) is 15.9 Å². The number of aromatic nitrogens is 1. The van der Waals surface area contributed by atoms with Crippen molar-refractivity contribution in [3.63, 3.8) is 0 Å². The molecule has 1 aliphatic carbocycles. The summed E-state index contributed by atoms with van der Waals surface area (Å²) in [4.78, 5) is 36.0. The SMILES string of the molecule is CCN(CC)S(=O)(=O)c1ccc(=O)n(CC(=O)NC(=O)NC2CCCCC2)c1. The minimum atomic E-state index is -3.76. The van der Waals surface area contributed by atoms with E-state index in [2.05, 4.69) is 10.6 Å². The predicted molar refractivity (Wildman–Crippen MR) is 104 cm³/mol. The summed E-state index contributed by atoms with van der Waals surface area (Å²) in [5.74, 6) is -0.687. The Morgan fingerprint density at radius 2 is 1.79 bits per heavy atom. The second-order valence-corrected chi connectivity index (χ2v) is 8.71. The summed E-state index contributed by atoms with van der Waals surface area (Å²) in [6.45, 7) is 3.57. The van der Waals surface area contributed by atoms with Crippen LogP contribution in [0.5, 0.6) is 0 Å². The molecule has 156 valence electrons. The van der Waals surface area contributed by atoms with Gasteiger partial charge in [0.15, 0.2) is 0 Å². The van der Waals surface area contributed by atoms with E-state index in [-0.39, 0.29) is 10.9 Å². The first-order valence-electron chi connectivity index (χ1n) is 9.59. The third-order valence-electron chi connectivity index (χ3n) is 4.81. The molecule has 0 saturated heterocycles. The van der Waals surface area contributed by atoms with Crippen LogP contribution in [0.15, 0.2) is 28.0 Å². The van der Waals surface area contributed by atoms with Crippen molar-refractivity contribution >= 4 is 22.0 Å². The highest BCUT2D eigenvalue weighted by Gasteiger charge is 2.23. The van der Waals surface area contributed by atoms with Gasteiger partial charge >= 0.3 is 6.03 Å². The largest absolute Gasteiger partial charge is 0.335 e. The maximum atomic E-state index is 12.6. The highest BCUT2D eigenvalue weighted by Crippen LogP contribution is 2.17. The third-order valence-corrected chi connectivity index (χ3v) is 6.84. The van der Waals surface area contributed by atoms with Gasteiger partial charge in [0, 0.05) is 31.4 Å². The predicted octanol–water partition coefficient (Wildman–Crippen LogP) is 1.04. The van der Waals surface area contributed by atoms with Crippen molar-refractivity contribution in [2.24, 2.45) is 0 Å². The molecule has 1 fully saturated rings. The minimum absolute atomic E-state index is 0.0480. The lowest BCUT2D eigenvalue weighted by Crippen LogP contribution is -2.46. The van der Waals surface area contributed by atoms with Gasteiger partial charge in [-0.2, -0.15) is 4.31 Å². The molecule has 1 heterocycles. The van der Waals surface area contributed by atoms with E-state index in [0.717, 1.165) is 48.9 Å². The maximum Gasteiger partial charge on any atom is 0.321 e. The molecule has 1 aromatic rings. The van der Waals surface area contributed by atoms with Gasteiger partial charge in [0.1, 0.15) is 6.54 Å². The lowest BCUT2D eigenvalue weighted by atomic mass is 9.96. The summed E-state index contributed by atoms with van der Waals surface area (Å²) in [5, 5.41) is 4.95. The smallest absolute Gasteiger partial charge is 0.321 e. The highest BCUT2D eigenvalue weighted by molar-refractivity contribution is 7.89. The summed E-state index contributed by atoms with van der Waals surface area (Å²) in [6.07, 6.45) is 6.13. The molecule has 3 amide bonds. The van der Waals surface area contributed by atoms with Crippen LogP contribution >= 0.6 is 0 Å². The fraction of sp³-hybridized carbons (Fsp3) is 0.611. The van der Waals surface area contributed by atoms with E-state index in [0.29, 0.717) is 13.1 Å². The second-order valence-electron chi connectivity index (χ2n) is 6.78. The summed E-state index contributed by atoms with van der Waals surface area (Å²) < 4.78 is 27.4. The highest BCUT2D eigenvalue weighted by atomic mass is 32.2. The van der Waals surface area contributed by atoms with Gasteiger partial charge in [-0.25, -0.2) is 13.2 Å². The molecule has 0 bridgehead atoms. The van der Waals surface area contributed by atoms with E-state index in [1.165, 1.54) is 10.4 Å². The molecule has 1 aromatic heterocycles. The fourth-order valence-electron chi connectivity index (χ4n) is 3.29. The number of carbonyl (C=O) groups is 2. The van der Waals surface area contributed by atoms with E-state index in [4.69, 9.17) is 0 Å². The molecule has 28 heavy (non-hydrogen) atoms. The number of hydrogen-bond acceptors (Lipinski definition) is 5. The number of carbonyl (C=O) groups excluding carboxylic acids is 2. The summed E-state index contributed by atoms with van der Waals surface area (Å²) in [7, 11) is -3.76. The molecular formula is C18H28N4O5S. The number of sulfonamides is 1. The van der Waals surface area contributed by atoms with Gasteiger partial charge < -0.3 is 9.88 Å². The van der Waals surface area contributed by atoms with E-state index >= 15 is 0 Å². The van der Waals surface area contributed by atoms with Gasteiger partial charge in [-0.15, -0.1) is 0 Å². The summed E-state index contributed by atoms with van der Waals surface area (Å²) >= 11 is 0. The van der Waals surface area contributed by atoms with Crippen LogP contribution in [0.4, 0.5) is 4.79 Å². The van der Waals surface area contributed by atoms with Crippen molar-refractivity contribution in [2.75, 3.05) is 13.1 Å². The molecule has 1 saturated carbocycles. The van der Waals surface area contributed by atoms with Crippen LogP contribution in [0, 0.1) is 0 Å². The fourth-order valence-corrected chi connectivity index (χ4v) is 4.77. The Morgan fingerprint density at radius 1 is 1.14 bits per heavy atom. The van der Waals surface area contributed by atoms with Crippen LogP contribution < -0.4 is 16.2 Å². The topological polar surface area (TPSA) is 118 Å². The van der Waals surface area contributed by atoms with E-state index in [1.807, 2.05) is 0 Å². The van der Waals surface area contributed by atoms with Gasteiger partial charge in [0.05, 0.1) is 4.90 Å². The van der Waals surface area contributed by atoms with Crippen molar-refractivity contribution in [3.05, 3.63) is 28.7 Å². The third kappa shape index (κ3) is 5.65. The molecule has 0 unspecified atom stereocenters. The zero-order valence-corrected chi connectivity index (χ0v) is 17.1. The van der Waals surface area contributed by atoms with Crippen molar-refractivity contribution in [2.45, 2.75) is 63.4 Å². The summed E-state index contributed by atoms with van der Waals surface area (Å²) in [5.41, 5.74) is -0.527. The zero-order chi connectivity index (χ0) is 20.7. The average molecular weight is 413 g/mol. The van der Waals surface area contributed by atoms with Crippen LogP contribution in [0.3, 0.4) is 0 Å². The maximum absolute atomic E-state index is 12.6. The Labute approximate surface area is 165 Å². The first-order valence-corrected chi connectivity index (χ1v) is 11.0. The lowest BCUT2D eigenvalue weighted by Gasteiger charge is -2.22. The van der Waals surface area contributed by atoms with Gasteiger partial charge in [-0.05, 0) is 18.9 Å². The number of pyridine rings is 1. The normalized spacial score (nSPS) is 15.4. The number of imide groups is 1. The van der Waals surface area contributed by atoms with E-state index in [9.17, 15) is 22.8 Å². The number of urea groups is 1. The van der Waals surface area contributed by atoms with Crippen LogP contribution in [0.25, 0.3) is 0 Å². The zero-order valence-electron chi connectivity index (χ0n) is 16.3. The van der Waals surface area contributed by atoms with Crippen LogP contribution in [0.1, 0.15) is 46.0 Å². The van der Waals surface area contributed by atoms with Crippen molar-refractivity contribution in [1.29, 1.82) is 0 Å². The Morgan fingerprint density at radius 3 is 2.39 bits per heavy atom. The Kier molecular flexibility index (Phi) is 7.76. The number of rotatable bonds is 7. The van der Waals surface area contributed by atoms with Crippen LogP contribution in [-0.4, -0.2) is 48.4 Å². The molecule has 9 nitrogen and oxygen atoms in total. The standard InChI is InChI=1S/C18H28N4O5S/c1-3-22(4-2)28(26,27)15-10-11-17(24)21(12-15)13-16(23)20-18(25)19-14-8-6-5-7-9-14/h10-12,14H,3-9,13H2,1-2H3,(H2,19,20,23,25). The Bertz CT molecular complexity index is 855. The first-order chi connectivity index (χ1) is 13.3. The second kappa shape index (κ2) is 9.83. The lowest BCUT2D eigenvalue weighted by molar-refractivity contribution is -0.120. The molecular weight excluding hydrogens is 384 g/mol. The molecule has 0 radical (unpaired) electrons. The molecule has 0 spiro atoms. The van der Waals surface area contributed by atoms with Gasteiger partial charge in [0.25, 0.3) is 5.56 Å². The van der Waals surface area contributed by atoms with Crippen molar-refractivity contribution in [3.8, 4) is 0 Å². The van der Waals surface area contributed by atoms with Crippen LogP contribution in [-0.2, 0) is 21.4 Å². The quantitative estimate of drug-likeness (QED) is 0.694. The Hall–Kier alpha value is -2.20. The molecule has 0 aliphatic heterocycles. The van der Waals surface area contributed by atoms with E-state index < -0.39 is 34.1 Å². The van der Waals surface area contributed by atoms with Gasteiger partial charge in [-0.3, -0.25) is 14.9 Å². The van der Waals surface area contributed by atoms with Crippen LogP contribution in [0.2, 0.25) is 0 Å². The average Bonchev–Trinajstić information content (AvgIpc) is 2.64. The first kappa shape index (κ1) is 22.1. The molecule has 10 heteroatoms. The van der Waals surface area contributed by atoms with Crippen molar-refractivity contribution < 1.29 is 18.0 Å². The number of amides is 3. The Balaban J connectivity index is 2.05. The molecule has 0 atom stereocenters. The molecule has 0 aromatic carbocycles.